The summed E-state index contributed by atoms with van der Waals surface area (Å²) in [6.07, 6.45) is 2.62. The molecule has 0 bridgehead atoms. The summed E-state index contributed by atoms with van der Waals surface area (Å²) in [5.41, 5.74) is 2.74. The molecule has 158 valence electrons. The SMILES string of the molecule is CCc1ccccc1N=C1S/C(=C/c2ccc(-c3cc(Cl)ccc3Cl)o2)C(=O)N1CC. The number of hydrogen-bond acceptors (Lipinski definition) is 4. The van der Waals surface area contributed by atoms with Crippen LogP contribution in [-0.2, 0) is 11.2 Å². The third-order valence-corrected chi connectivity index (χ3v) is 6.46. The van der Waals surface area contributed by atoms with Crippen LogP contribution in [0.15, 0.2) is 68.9 Å². The molecular formula is C24H20Cl2N2O2S. The Bertz CT molecular complexity index is 1200. The highest BCUT2D eigenvalue weighted by Crippen LogP contribution is 2.36. The molecule has 2 heterocycles. The van der Waals surface area contributed by atoms with Gasteiger partial charge in [0.15, 0.2) is 5.17 Å². The fraction of sp³-hybridized carbons (Fsp3) is 0.167. The van der Waals surface area contributed by atoms with E-state index in [1.165, 1.54) is 11.8 Å². The highest BCUT2D eigenvalue weighted by molar-refractivity contribution is 8.18. The van der Waals surface area contributed by atoms with Gasteiger partial charge in [0, 0.05) is 23.2 Å². The van der Waals surface area contributed by atoms with Gasteiger partial charge in [-0.3, -0.25) is 9.69 Å². The molecular weight excluding hydrogens is 451 g/mol. The minimum Gasteiger partial charge on any atom is -0.457 e. The molecule has 1 aliphatic rings. The lowest BCUT2D eigenvalue weighted by atomic mass is 10.1. The maximum atomic E-state index is 12.9. The molecule has 0 N–H and O–H groups in total. The number of aryl methyl sites for hydroxylation is 1. The zero-order valence-electron chi connectivity index (χ0n) is 17.1. The molecule has 3 aromatic rings. The van der Waals surface area contributed by atoms with Crippen molar-refractivity contribution in [2.24, 2.45) is 4.99 Å². The van der Waals surface area contributed by atoms with Gasteiger partial charge in [-0.2, -0.15) is 0 Å². The molecule has 1 amide bonds. The number of furan rings is 1. The lowest BCUT2D eigenvalue weighted by Gasteiger charge is -2.12. The van der Waals surface area contributed by atoms with Crippen LogP contribution in [0.3, 0.4) is 0 Å². The number of nitrogens with zero attached hydrogens (tertiary/aromatic N) is 2. The number of rotatable bonds is 5. The normalized spacial score (nSPS) is 16.6. The molecule has 0 saturated carbocycles. The summed E-state index contributed by atoms with van der Waals surface area (Å²) in [6, 6.07) is 16.8. The fourth-order valence-electron chi connectivity index (χ4n) is 3.28. The van der Waals surface area contributed by atoms with Crippen molar-refractivity contribution < 1.29 is 9.21 Å². The van der Waals surface area contributed by atoms with Crippen molar-refractivity contribution in [3.63, 3.8) is 0 Å². The van der Waals surface area contributed by atoms with Crippen molar-refractivity contribution in [2.75, 3.05) is 6.54 Å². The highest BCUT2D eigenvalue weighted by atomic mass is 35.5. The average Bonchev–Trinajstić information content (AvgIpc) is 3.35. The number of carbonyl (C=O) groups is 1. The summed E-state index contributed by atoms with van der Waals surface area (Å²) >= 11 is 13.7. The summed E-state index contributed by atoms with van der Waals surface area (Å²) in [7, 11) is 0. The maximum absolute atomic E-state index is 12.9. The number of amides is 1. The van der Waals surface area contributed by atoms with Crippen LogP contribution >= 0.6 is 35.0 Å². The zero-order chi connectivity index (χ0) is 22.0. The molecule has 31 heavy (non-hydrogen) atoms. The van der Waals surface area contributed by atoms with E-state index in [4.69, 9.17) is 32.6 Å². The standard InChI is InChI=1S/C24H20Cl2N2O2S/c1-3-15-7-5-6-8-20(15)27-24-28(4-2)23(29)22(31-24)14-17-10-12-21(30-17)18-13-16(25)9-11-19(18)26/h5-14H,3-4H2,1-2H3/b22-14+,27-24?. The monoisotopic (exact) mass is 470 g/mol. The Morgan fingerprint density at radius 3 is 2.68 bits per heavy atom. The molecule has 0 spiro atoms. The molecule has 1 aromatic heterocycles. The zero-order valence-corrected chi connectivity index (χ0v) is 19.4. The summed E-state index contributed by atoms with van der Waals surface area (Å²) < 4.78 is 5.93. The van der Waals surface area contributed by atoms with E-state index in [0.29, 0.717) is 43.7 Å². The van der Waals surface area contributed by atoms with E-state index in [9.17, 15) is 4.79 Å². The van der Waals surface area contributed by atoms with E-state index in [1.54, 1.807) is 29.2 Å². The Hall–Kier alpha value is -2.47. The van der Waals surface area contributed by atoms with Gasteiger partial charge in [-0.05, 0) is 67.1 Å². The van der Waals surface area contributed by atoms with Crippen molar-refractivity contribution in [1.82, 2.24) is 4.90 Å². The van der Waals surface area contributed by atoms with Crippen LogP contribution in [-0.4, -0.2) is 22.5 Å². The van der Waals surface area contributed by atoms with Crippen LogP contribution in [0.2, 0.25) is 10.0 Å². The van der Waals surface area contributed by atoms with Crippen molar-refractivity contribution in [3.8, 4) is 11.3 Å². The van der Waals surface area contributed by atoms with Crippen molar-refractivity contribution in [1.29, 1.82) is 0 Å². The number of aliphatic imine (C=N–C) groups is 1. The molecule has 7 heteroatoms. The number of hydrogen-bond donors (Lipinski definition) is 0. The van der Waals surface area contributed by atoms with E-state index < -0.39 is 0 Å². The summed E-state index contributed by atoms with van der Waals surface area (Å²) in [5.74, 6) is 1.07. The van der Waals surface area contributed by atoms with Crippen LogP contribution in [0, 0.1) is 0 Å². The second kappa shape index (κ2) is 9.35. The van der Waals surface area contributed by atoms with Crippen LogP contribution in [0.25, 0.3) is 17.4 Å². The molecule has 0 atom stereocenters. The molecule has 1 fully saturated rings. The van der Waals surface area contributed by atoms with Crippen molar-refractivity contribution >= 4 is 57.8 Å². The largest absolute Gasteiger partial charge is 0.457 e. The molecule has 0 aliphatic carbocycles. The fourth-order valence-corrected chi connectivity index (χ4v) is 4.70. The number of amidine groups is 1. The first-order valence-corrected chi connectivity index (χ1v) is 11.5. The van der Waals surface area contributed by atoms with Crippen LogP contribution in [0.5, 0.6) is 0 Å². The average molecular weight is 471 g/mol. The van der Waals surface area contributed by atoms with Gasteiger partial charge in [-0.1, -0.05) is 48.3 Å². The smallest absolute Gasteiger partial charge is 0.266 e. The van der Waals surface area contributed by atoms with Gasteiger partial charge in [0.25, 0.3) is 5.91 Å². The Labute approximate surface area is 195 Å². The highest BCUT2D eigenvalue weighted by Gasteiger charge is 2.32. The number of halogens is 2. The second-order valence-corrected chi connectivity index (χ2v) is 8.72. The van der Waals surface area contributed by atoms with Crippen molar-refractivity contribution in [2.45, 2.75) is 20.3 Å². The molecule has 0 radical (unpaired) electrons. The van der Waals surface area contributed by atoms with E-state index in [-0.39, 0.29) is 5.91 Å². The van der Waals surface area contributed by atoms with Gasteiger partial charge in [-0.15, -0.1) is 0 Å². The summed E-state index contributed by atoms with van der Waals surface area (Å²) in [4.78, 5) is 20.0. The van der Waals surface area contributed by atoms with Gasteiger partial charge in [0.05, 0.1) is 15.6 Å². The number of likely N-dealkylation sites (N-methyl/N-ethyl adjacent to an activating group) is 1. The number of thioether (sulfide) groups is 1. The topological polar surface area (TPSA) is 45.8 Å². The number of para-hydroxylation sites is 1. The Morgan fingerprint density at radius 2 is 1.90 bits per heavy atom. The van der Waals surface area contributed by atoms with Gasteiger partial charge < -0.3 is 4.42 Å². The van der Waals surface area contributed by atoms with Gasteiger partial charge in [0.2, 0.25) is 0 Å². The molecule has 0 unspecified atom stereocenters. The Balaban J connectivity index is 1.65. The third kappa shape index (κ3) is 4.59. The number of carbonyl (C=O) groups excluding carboxylic acids is 1. The number of benzene rings is 2. The maximum Gasteiger partial charge on any atom is 0.266 e. The molecule has 1 saturated heterocycles. The second-order valence-electron chi connectivity index (χ2n) is 6.86. The van der Waals surface area contributed by atoms with Crippen LogP contribution < -0.4 is 0 Å². The van der Waals surface area contributed by atoms with Gasteiger partial charge in [0.1, 0.15) is 11.5 Å². The summed E-state index contributed by atoms with van der Waals surface area (Å²) in [5, 5.41) is 1.79. The molecule has 2 aromatic carbocycles. The van der Waals surface area contributed by atoms with E-state index in [2.05, 4.69) is 13.0 Å². The molecule has 4 rings (SSSR count). The predicted molar refractivity (Wildman–Crippen MR) is 130 cm³/mol. The van der Waals surface area contributed by atoms with E-state index in [0.717, 1.165) is 17.7 Å². The lowest BCUT2D eigenvalue weighted by Crippen LogP contribution is -2.28. The first-order valence-electron chi connectivity index (χ1n) is 9.93. The Kier molecular flexibility index (Phi) is 6.56. The minimum atomic E-state index is -0.0843. The van der Waals surface area contributed by atoms with Crippen molar-refractivity contribution in [3.05, 3.63) is 80.9 Å². The van der Waals surface area contributed by atoms with Gasteiger partial charge in [-0.25, -0.2) is 4.99 Å². The van der Waals surface area contributed by atoms with Crippen LogP contribution in [0.4, 0.5) is 5.69 Å². The predicted octanol–water partition coefficient (Wildman–Crippen LogP) is 7.44. The molecule has 1 aliphatic heterocycles. The molecule has 4 nitrogen and oxygen atoms in total. The van der Waals surface area contributed by atoms with Crippen LogP contribution in [0.1, 0.15) is 25.2 Å². The lowest BCUT2D eigenvalue weighted by molar-refractivity contribution is -0.122. The Morgan fingerprint density at radius 1 is 1.10 bits per heavy atom. The van der Waals surface area contributed by atoms with E-state index >= 15 is 0 Å². The van der Waals surface area contributed by atoms with E-state index in [1.807, 2.05) is 37.3 Å². The van der Waals surface area contributed by atoms with Gasteiger partial charge >= 0.3 is 0 Å². The summed E-state index contributed by atoms with van der Waals surface area (Å²) in [6.45, 7) is 4.57. The first-order chi connectivity index (χ1) is 15.0. The minimum absolute atomic E-state index is 0.0843. The first kappa shape index (κ1) is 21.8. The third-order valence-electron chi connectivity index (χ3n) is 4.89. The quantitative estimate of drug-likeness (QED) is 0.363.